The van der Waals surface area contributed by atoms with Gasteiger partial charge in [0.2, 0.25) is 5.91 Å². The van der Waals surface area contributed by atoms with Crippen molar-refractivity contribution in [2.24, 2.45) is 0 Å². The van der Waals surface area contributed by atoms with Gasteiger partial charge < -0.3 is 15.4 Å². The third-order valence-corrected chi connectivity index (χ3v) is 3.81. The van der Waals surface area contributed by atoms with Crippen LogP contribution in [0, 0.1) is 10.1 Å². The van der Waals surface area contributed by atoms with E-state index in [0.29, 0.717) is 17.0 Å². The average Bonchev–Trinajstić information content (AvgIpc) is 2.69. The summed E-state index contributed by atoms with van der Waals surface area (Å²) in [7, 11) is 0. The van der Waals surface area contributed by atoms with Crippen LogP contribution in [-0.4, -0.2) is 16.7 Å². The van der Waals surface area contributed by atoms with Crippen LogP contribution in [0.5, 0.6) is 11.5 Å². The van der Waals surface area contributed by atoms with E-state index in [1.165, 1.54) is 25.1 Å². The number of nitro benzene ring substituents is 1. The third-order valence-electron chi connectivity index (χ3n) is 3.81. The second kappa shape index (κ2) is 8.66. The van der Waals surface area contributed by atoms with E-state index in [4.69, 9.17) is 4.74 Å². The summed E-state index contributed by atoms with van der Waals surface area (Å²) < 4.78 is 5.69. The fourth-order valence-corrected chi connectivity index (χ4v) is 2.56. The lowest BCUT2D eigenvalue weighted by atomic mass is 10.2. The van der Waals surface area contributed by atoms with Crippen LogP contribution in [0.25, 0.3) is 0 Å². The van der Waals surface area contributed by atoms with Gasteiger partial charge in [-0.3, -0.25) is 19.7 Å². The molecule has 0 radical (unpaired) electrons. The summed E-state index contributed by atoms with van der Waals surface area (Å²) in [6.07, 6.45) is 0. The highest BCUT2D eigenvalue weighted by Crippen LogP contribution is 2.30. The molecule has 0 fully saturated rings. The van der Waals surface area contributed by atoms with E-state index in [-0.39, 0.29) is 23.0 Å². The van der Waals surface area contributed by atoms with E-state index >= 15 is 0 Å². The summed E-state index contributed by atoms with van der Waals surface area (Å²) >= 11 is 0. The van der Waals surface area contributed by atoms with E-state index in [1.807, 2.05) is 0 Å². The molecule has 3 aromatic rings. The molecular formula is C21H17N3O5. The summed E-state index contributed by atoms with van der Waals surface area (Å²) in [5.41, 5.74) is 1.04. The largest absolute Gasteiger partial charge is 0.457 e. The minimum Gasteiger partial charge on any atom is -0.457 e. The highest BCUT2D eigenvalue weighted by atomic mass is 16.6. The maximum absolute atomic E-state index is 12.3. The van der Waals surface area contributed by atoms with Crippen molar-refractivity contribution in [2.45, 2.75) is 6.92 Å². The van der Waals surface area contributed by atoms with Crippen LogP contribution >= 0.6 is 0 Å². The molecule has 8 heteroatoms. The molecule has 0 aromatic heterocycles. The summed E-state index contributed by atoms with van der Waals surface area (Å²) in [5, 5.41) is 16.5. The predicted octanol–water partition coefficient (Wildman–Crippen LogP) is 4.60. The number of anilines is 2. The molecule has 29 heavy (non-hydrogen) atoms. The second-order valence-electron chi connectivity index (χ2n) is 6.10. The molecule has 0 aliphatic carbocycles. The fraction of sp³-hybridized carbons (Fsp3) is 0.0476. The number of nitro groups is 1. The molecule has 0 aliphatic rings. The van der Waals surface area contributed by atoms with E-state index in [1.54, 1.807) is 54.6 Å². The molecule has 8 nitrogen and oxygen atoms in total. The highest BCUT2D eigenvalue weighted by molar-refractivity contribution is 6.04. The van der Waals surface area contributed by atoms with Gasteiger partial charge in [0.15, 0.2) is 0 Å². The topological polar surface area (TPSA) is 111 Å². The van der Waals surface area contributed by atoms with Crippen molar-refractivity contribution in [3.63, 3.8) is 0 Å². The summed E-state index contributed by atoms with van der Waals surface area (Å²) in [4.78, 5) is 34.1. The lowest BCUT2D eigenvalue weighted by Crippen LogP contribution is -2.11. The van der Waals surface area contributed by atoms with Gasteiger partial charge in [0.25, 0.3) is 11.6 Å². The van der Waals surface area contributed by atoms with E-state index in [0.717, 1.165) is 0 Å². The first-order chi connectivity index (χ1) is 13.9. The van der Waals surface area contributed by atoms with Gasteiger partial charge in [-0.25, -0.2) is 0 Å². The number of rotatable bonds is 6. The minimum absolute atomic E-state index is 0.190. The normalized spacial score (nSPS) is 10.1. The molecule has 0 saturated heterocycles. The Balaban J connectivity index is 1.82. The Hall–Kier alpha value is -4.20. The number of hydrogen-bond donors (Lipinski definition) is 2. The van der Waals surface area contributed by atoms with Gasteiger partial charge in [0.05, 0.1) is 16.7 Å². The number of amides is 2. The first-order valence-corrected chi connectivity index (χ1v) is 8.62. The first-order valence-electron chi connectivity index (χ1n) is 8.62. The lowest BCUT2D eigenvalue weighted by Gasteiger charge is -2.10. The first kappa shape index (κ1) is 19.6. The van der Waals surface area contributed by atoms with Crippen LogP contribution in [-0.2, 0) is 4.79 Å². The van der Waals surface area contributed by atoms with Crippen LogP contribution < -0.4 is 15.4 Å². The fourth-order valence-electron chi connectivity index (χ4n) is 2.56. The number of ether oxygens (including phenoxy) is 1. The second-order valence-corrected chi connectivity index (χ2v) is 6.10. The van der Waals surface area contributed by atoms with Crippen LogP contribution in [0.1, 0.15) is 17.3 Å². The van der Waals surface area contributed by atoms with E-state index in [2.05, 4.69) is 10.6 Å². The monoisotopic (exact) mass is 391 g/mol. The maximum Gasteiger partial charge on any atom is 0.275 e. The predicted molar refractivity (Wildman–Crippen MR) is 108 cm³/mol. The van der Waals surface area contributed by atoms with Gasteiger partial charge in [-0.2, -0.15) is 0 Å². The van der Waals surface area contributed by atoms with Gasteiger partial charge >= 0.3 is 0 Å². The Kier molecular flexibility index (Phi) is 5.84. The molecule has 3 aromatic carbocycles. The number of non-ortho nitro benzene ring substituents is 1. The molecule has 2 amide bonds. The molecule has 0 aliphatic heterocycles. The zero-order valence-electron chi connectivity index (χ0n) is 15.4. The number of carbonyl (C=O) groups excluding carboxylic acids is 2. The maximum atomic E-state index is 12.3. The molecule has 0 heterocycles. The number of benzene rings is 3. The van der Waals surface area contributed by atoms with Gasteiger partial charge in [-0.05, 0) is 36.4 Å². The number of nitrogens with one attached hydrogen (secondary N) is 2. The lowest BCUT2D eigenvalue weighted by molar-refractivity contribution is -0.384. The van der Waals surface area contributed by atoms with Crippen LogP contribution in [0.15, 0.2) is 72.8 Å². The molecule has 0 unspecified atom stereocenters. The van der Waals surface area contributed by atoms with Crippen molar-refractivity contribution in [1.29, 1.82) is 0 Å². The zero-order chi connectivity index (χ0) is 20.8. The van der Waals surface area contributed by atoms with Crippen LogP contribution in [0.3, 0.4) is 0 Å². The SMILES string of the molecule is CC(=O)Nc1ccc(Oc2cc(NC(=O)c3ccccc3)cc([N+](=O)[O-])c2)cc1. The van der Waals surface area contributed by atoms with Crippen LogP contribution in [0.2, 0.25) is 0 Å². The quantitative estimate of drug-likeness (QED) is 0.471. The molecule has 0 atom stereocenters. The van der Waals surface area contributed by atoms with Crippen molar-refractivity contribution in [1.82, 2.24) is 0 Å². The van der Waals surface area contributed by atoms with Gasteiger partial charge in [0, 0.05) is 30.3 Å². The van der Waals surface area contributed by atoms with E-state index < -0.39 is 10.8 Å². The van der Waals surface area contributed by atoms with Crippen molar-refractivity contribution in [3.8, 4) is 11.5 Å². The van der Waals surface area contributed by atoms with Gasteiger partial charge in [-0.15, -0.1) is 0 Å². The van der Waals surface area contributed by atoms with Crippen molar-refractivity contribution >= 4 is 28.9 Å². The molecule has 3 rings (SSSR count). The van der Waals surface area contributed by atoms with Gasteiger partial charge in [0.1, 0.15) is 11.5 Å². The summed E-state index contributed by atoms with van der Waals surface area (Å²) in [5.74, 6) is 0.0163. The van der Waals surface area contributed by atoms with Crippen molar-refractivity contribution in [3.05, 3.63) is 88.5 Å². The third kappa shape index (κ3) is 5.39. The molecule has 0 saturated carbocycles. The average molecular weight is 391 g/mol. The Morgan fingerprint density at radius 2 is 1.55 bits per heavy atom. The Bertz CT molecular complexity index is 1050. The highest BCUT2D eigenvalue weighted by Gasteiger charge is 2.14. The Morgan fingerprint density at radius 1 is 0.862 bits per heavy atom. The Labute approximate surface area is 166 Å². The Morgan fingerprint density at radius 3 is 2.17 bits per heavy atom. The standard InChI is InChI=1S/C21H17N3O5/c1-14(25)22-16-7-9-19(10-8-16)29-20-12-17(11-18(13-20)24(27)28)23-21(26)15-5-3-2-4-6-15/h2-13H,1H3,(H,22,25)(H,23,26). The minimum atomic E-state index is -0.565. The molecule has 146 valence electrons. The number of nitrogens with zero attached hydrogens (tertiary/aromatic N) is 1. The molecular weight excluding hydrogens is 374 g/mol. The van der Waals surface area contributed by atoms with Gasteiger partial charge in [-0.1, -0.05) is 18.2 Å². The summed E-state index contributed by atoms with van der Waals surface area (Å²) in [6.45, 7) is 1.40. The smallest absolute Gasteiger partial charge is 0.275 e. The number of carbonyl (C=O) groups is 2. The van der Waals surface area contributed by atoms with Crippen molar-refractivity contribution < 1.29 is 19.2 Å². The summed E-state index contributed by atoms with van der Waals surface area (Å²) in [6, 6.07) is 19.1. The molecule has 2 N–H and O–H groups in total. The molecule has 0 spiro atoms. The zero-order valence-corrected chi connectivity index (χ0v) is 15.4. The number of hydrogen-bond acceptors (Lipinski definition) is 5. The van der Waals surface area contributed by atoms with Crippen LogP contribution in [0.4, 0.5) is 17.1 Å². The van der Waals surface area contributed by atoms with Crippen molar-refractivity contribution in [2.75, 3.05) is 10.6 Å². The van der Waals surface area contributed by atoms with E-state index in [9.17, 15) is 19.7 Å². The molecule has 0 bridgehead atoms.